The van der Waals surface area contributed by atoms with E-state index in [4.69, 9.17) is 21.3 Å². The van der Waals surface area contributed by atoms with E-state index in [-0.39, 0.29) is 22.6 Å². The van der Waals surface area contributed by atoms with Gasteiger partial charge in [0.15, 0.2) is 11.6 Å². The number of hydrogen-bond donors (Lipinski definition) is 1. The van der Waals surface area contributed by atoms with E-state index in [0.29, 0.717) is 48.0 Å². The Morgan fingerprint density at radius 3 is 2.53 bits per heavy atom. The number of piperidine rings is 1. The highest BCUT2D eigenvalue weighted by molar-refractivity contribution is 7.92. The third-order valence-corrected chi connectivity index (χ3v) is 6.85. The predicted octanol–water partition coefficient (Wildman–Crippen LogP) is 3.86. The van der Waals surface area contributed by atoms with E-state index in [0.717, 1.165) is 6.42 Å². The SMILES string of the molecule is CCOC(=O)C1CCCN(c2nc3ccccc3nc2NS(=O)(=O)c2ccc(Cl)cc2)C1. The Labute approximate surface area is 191 Å². The molecular formula is C22H23ClN4O4S. The molecule has 1 unspecified atom stereocenters. The quantitative estimate of drug-likeness (QED) is 0.541. The molecule has 1 aliphatic rings. The topological polar surface area (TPSA) is 101 Å². The zero-order chi connectivity index (χ0) is 22.7. The monoisotopic (exact) mass is 474 g/mol. The van der Waals surface area contributed by atoms with Crippen LogP contribution in [0.1, 0.15) is 19.8 Å². The summed E-state index contributed by atoms with van der Waals surface area (Å²) in [5.41, 5.74) is 1.19. The van der Waals surface area contributed by atoms with E-state index in [2.05, 4.69) is 9.71 Å². The van der Waals surface area contributed by atoms with Gasteiger partial charge in [0.25, 0.3) is 10.0 Å². The zero-order valence-electron chi connectivity index (χ0n) is 17.5. The maximum atomic E-state index is 13.0. The minimum Gasteiger partial charge on any atom is -0.466 e. The van der Waals surface area contributed by atoms with Gasteiger partial charge in [-0.3, -0.25) is 9.52 Å². The number of rotatable bonds is 6. The van der Waals surface area contributed by atoms with Crippen LogP contribution >= 0.6 is 11.6 Å². The number of carbonyl (C=O) groups is 1. The summed E-state index contributed by atoms with van der Waals surface area (Å²) >= 11 is 5.89. The number of aromatic nitrogens is 2. The zero-order valence-corrected chi connectivity index (χ0v) is 19.1. The number of fused-ring (bicyclic) bond motifs is 1. The van der Waals surface area contributed by atoms with Crippen molar-refractivity contribution in [1.29, 1.82) is 0 Å². The minimum atomic E-state index is -3.93. The van der Waals surface area contributed by atoms with Crippen LogP contribution in [0.4, 0.5) is 11.6 Å². The van der Waals surface area contributed by atoms with Gasteiger partial charge in [0.05, 0.1) is 28.5 Å². The summed E-state index contributed by atoms with van der Waals surface area (Å²) in [4.78, 5) is 23.5. The van der Waals surface area contributed by atoms with Gasteiger partial charge in [-0.15, -0.1) is 0 Å². The lowest BCUT2D eigenvalue weighted by atomic mass is 9.98. The first kappa shape index (κ1) is 22.3. The number of carbonyl (C=O) groups excluding carboxylic acids is 1. The molecule has 1 N–H and O–H groups in total. The highest BCUT2D eigenvalue weighted by Gasteiger charge is 2.30. The van der Waals surface area contributed by atoms with E-state index in [1.54, 1.807) is 13.0 Å². The van der Waals surface area contributed by atoms with Crippen molar-refractivity contribution in [2.75, 3.05) is 29.3 Å². The molecule has 2 aromatic carbocycles. The van der Waals surface area contributed by atoms with Crippen LogP contribution in [-0.4, -0.2) is 44.1 Å². The van der Waals surface area contributed by atoms with Gasteiger partial charge in [-0.05, 0) is 56.2 Å². The standard InChI is InChI=1S/C22H23ClN4O4S/c1-2-31-22(28)15-6-5-13-27(14-15)21-20(24-18-7-3-4-8-19(18)25-21)26-32(29,30)17-11-9-16(23)10-12-17/h3-4,7-12,15H,2,5-6,13-14H2,1H3,(H,24,26). The highest BCUT2D eigenvalue weighted by atomic mass is 35.5. The number of para-hydroxylation sites is 2. The molecule has 0 amide bonds. The van der Waals surface area contributed by atoms with E-state index in [1.807, 2.05) is 23.1 Å². The van der Waals surface area contributed by atoms with Crippen LogP contribution in [0.15, 0.2) is 53.4 Å². The fourth-order valence-corrected chi connectivity index (χ4v) is 4.83. The van der Waals surface area contributed by atoms with Crippen LogP contribution in [0.5, 0.6) is 0 Å². The van der Waals surface area contributed by atoms with Gasteiger partial charge >= 0.3 is 5.97 Å². The molecule has 1 aliphatic heterocycles. The summed E-state index contributed by atoms with van der Waals surface area (Å²) in [7, 11) is -3.93. The normalized spacial score (nSPS) is 16.7. The van der Waals surface area contributed by atoms with Crippen molar-refractivity contribution in [3.63, 3.8) is 0 Å². The molecule has 32 heavy (non-hydrogen) atoms. The lowest BCUT2D eigenvalue weighted by Crippen LogP contribution is -2.40. The van der Waals surface area contributed by atoms with Crippen LogP contribution in [0.25, 0.3) is 11.0 Å². The number of sulfonamides is 1. The van der Waals surface area contributed by atoms with Crippen LogP contribution in [0, 0.1) is 5.92 Å². The first-order chi connectivity index (χ1) is 15.4. The van der Waals surface area contributed by atoms with Gasteiger partial charge in [-0.2, -0.15) is 0 Å². The van der Waals surface area contributed by atoms with E-state index in [1.165, 1.54) is 24.3 Å². The second-order valence-electron chi connectivity index (χ2n) is 7.48. The average molecular weight is 475 g/mol. The number of hydrogen-bond acceptors (Lipinski definition) is 7. The molecule has 10 heteroatoms. The second-order valence-corrected chi connectivity index (χ2v) is 9.60. The Hall–Kier alpha value is -2.91. The Morgan fingerprint density at radius 1 is 1.16 bits per heavy atom. The summed E-state index contributed by atoms with van der Waals surface area (Å²) in [5, 5.41) is 0.438. The maximum absolute atomic E-state index is 13.0. The second kappa shape index (κ2) is 9.30. The number of anilines is 2. The molecule has 1 saturated heterocycles. The lowest BCUT2D eigenvalue weighted by molar-refractivity contribution is -0.148. The van der Waals surface area contributed by atoms with Gasteiger partial charge in [0.2, 0.25) is 0 Å². The van der Waals surface area contributed by atoms with Crippen LogP contribution in [0.3, 0.4) is 0 Å². The van der Waals surface area contributed by atoms with Crippen LogP contribution in [-0.2, 0) is 19.6 Å². The molecule has 1 fully saturated rings. The molecule has 4 rings (SSSR count). The van der Waals surface area contributed by atoms with Gasteiger partial charge in [0, 0.05) is 18.1 Å². The number of nitrogens with one attached hydrogen (secondary N) is 1. The van der Waals surface area contributed by atoms with Crippen molar-refractivity contribution >= 4 is 50.3 Å². The predicted molar refractivity (Wildman–Crippen MR) is 123 cm³/mol. The largest absolute Gasteiger partial charge is 0.466 e. The summed E-state index contributed by atoms with van der Waals surface area (Å²) in [6.07, 6.45) is 1.46. The summed E-state index contributed by atoms with van der Waals surface area (Å²) in [5.74, 6) is -0.0645. The summed E-state index contributed by atoms with van der Waals surface area (Å²) in [6.45, 7) is 3.09. The van der Waals surface area contributed by atoms with Gasteiger partial charge in [-0.25, -0.2) is 18.4 Å². The highest BCUT2D eigenvalue weighted by Crippen LogP contribution is 2.31. The molecule has 0 saturated carbocycles. The first-order valence-corrected chi connectivity index (χ1v) is 12.2. The van der Waals surface area contributed by atoms with Crippen molar-refractivity contribution in [3.8, 4) is 0 Å². The molecular weight excluding hydrogens is 452 g/mol. The van der Waals surface area contributed by atoms with Crippen LogP contribution < -0.4 is 9.62 Å². The molecule has 0 aliphatic carbocycles. The maximum Gasteiger partial charge on any atom is 0.310 e. The van der Waals surface area contributed by atoms with Gasteiger partial charge in [-0.1, -0.05) is 23.7 Å². The molecule has 1 aromatic heterocycles. The van der Waals surface area contributed by atoms with Crippen molar-refractivity contribution < 1.29 is 17.9 Å². The smallest absolute Gasteiger partial charge is 0.310 e. The third kappa shape index (κ3) is 4.78. The first-order valence-electron chi connectivity index (χ1n) is 10.3. The van der Waals surface area contributed by atoms with Gasteiger partial charge in [0.1, 0.15) is 0 Å². The Kier molecular flexibility index (Phi) is 6.48. The molecule has 0 spiro atoms. The fraction of sp³-hybridized carbons (Fsp3) is 0.318. The Balaban J connectivity index is 1.72. The molecule has 1 atom stereocenters. The molecule has 2 heterocycles. The average Bonchev–Trinajstić information content (AvgIpc) is 2.79. The third-order valence-electron chi connectivity index (χ3n) is 5.25. The Morgan fingerprint density at radius 2 is 1.84 bits per heavy atom. The molecule has 8 nitrogen and oxygen atoms in total. The summed E-state index contributed by atoms with van der Waals surface area (Å²) < 4.78 is 33.8. The minimum absolute atomic E-state index is 0.0610. The lowest BCUT2D eigenvalue weighted by Gasteiger charge is -2.33. The van der Waals surface area contributed by atoms with Crippen molar-refractivity contribution in [2.45, 2.75) is 24.7 Å². The molecule has 0 bridgehead atoms. The molecule has 168 valence electrons. The van der Waals surface area contributed by atoms with E-state index < -0.39 is 10.0 Å². The number of halogens is 1. The molecule has 3 aromatic rings. The van der Waals surface area contributed by atoms with Crippen molar-refractivity contribution in [3.05, 3.63) is 53.6 Å². The number of benzene rings is 2. The van der Waals surface area contributed by atoms with E-state index in [9.17, 15) is 13.2 Å². The fourth-order valence-electron chi connectivity index (χ4n) is 3.70. The van der Waals surface area contributed by atoms with Crippen molar-refractivity contribution in [2.24, 2.45) is 5.92 Å². The van der Waals surface area contributed by atoms with Crippen LogP contribution in [0.2, 0.25) is 5.02 Å². The number of nitrogens with zero attached hydrogens (tertiary/aromatic N) is 3. The number of ether oxygens (including phenoxy) is 1. The number of esters is 1. The van der Waals surface area contributed by atoms with Gasteiger partial charge < -0.3 is 9.64 Å². The molecule has 0 radical (unpaired) electrons. The Bertz CT molecular complexity index is 1230. The summed E-state index contributed by atoms with van der Waals surface area (Å²) in [6, 6.07) is 13.1. The van der Waals surface area contributed by atoms with Crippen molar-refractivity contribution in [1.82, 2.24) is 9.97 Å². The van der Waals surface area contributed by atoms with E-state index >= 15 is 0 Å².